The van der Waals surface area contributed by atoms with Gasteiger partial charge in [-0.3, -0.25) is 4.79 Å². The van der Waals surface area contributed by atoms with E-state index in [0.29, 0.717) is 63.2 Å². The van der Waals surface area contributed by atoms with Gasteiger partial charge in [0.15, 0.2) is 18.1 Å². The second kappa shape index (κ2) is 9.35. The molecule has 0 radical (unpaired) electrons. The van der Waals surface area contributed by atoms with Crippen LogP contribution in [-0.4, -0.2) is 87.5 Å². The van der Waals surface area contributed by atoms with E-state index in [-0.39, 0.29) is 11.5 Å². The van der Waals surface area contributed by atoms with Crippen molar-refractivity contribution in [2.75, 3.05) is 59.7 Å². The number of fused-ring (bicyclic) bond motifs is 1. The lowest BCUT2D eigenvalue weighted by molar-refractivity contribution is -0.136. The van der Waals surface area contributed by atoms with E-state index in [2.05, 4.69) is 0 Å². The number of ether oxygens (including phenoxy) is 5. The summed E-state index contributed by atoms with van der Waals surface area (Å²) in [5, 5.41) is 0. The fourth-order valence-electron chi connectivity index (χ4n) is 3.05. The van der Waals surface area contributed by atoms with Crippen LogP contribution < -0.4 is 14.2 Å². The number of methoxy groups -OCH3 is 1. The first-order valence-electron chi connectivity index (χ1n) is 9.37. The van der Waals surface area contributed by atoms with Crippen molar-refractivity contribution in [3.63, 3.8) is 0 Å². The summed E-state index contributed by atoms with van der Waals surface area (Å²) in [5.41, 5.74) is 0.200. The molecule has 0 atom stereocenters. The molecule has 2 heterocycles. The predicted octanol–water partition coefficient (Wildman–Crippen LogP) is 0.924. The van der Waals surface area contributed by atoms with E-state index in [1.165, 1.54) is 19.2 Å². The Kier molecular flexibility index (Phi) is 6.63. The van der Waals surface area contributed by atoms with Crippen LogP contribution in [0.1, 0.15) is 17.3 Å². The van der Waals surface area contributed by atoms with Crippen molar-refractivity contribution in [1.82, 2.24) is 9.80 Å². The smallest absolute Gasteiger partial charge is 0.409 e. The topological polar surface area (TPSA) is 104 Å². The summed E-state index contributed by atoms with van der Waals surface area (Å²) in [5.74, 6) is 0.190. The molecule has 10 nitrogen and oxygen atoms in total. The molecule has 0 N–H and O–H groups in total. The molecule has 158 valence electrons. The molecule has 1 aromatic carbocycles. The van der Waals surface area contributed by atoms with Gasteiger partial charge < -0.3 is 33.5 Å². The van der Waals surface area contributed by atoms with E-state index >= 15 is 0 Å². The van der Waals surface area contributed by atoms with Gasteiger partial charge in [0.2, 0.25) is 5.75 Å². The van der Waals surface area contributed by atoms with Crippen molar-refractivity contribution in [3.05, 3.63) is 17.7 Å². The maximum Gasteiger partial charge on any atom is 0.409 e. The molecule has 1 aromatic rings. The van der Waals surface area contributed by atoms with Gasteiger partial charge in [0.25, 0.3) is 5.91 Å². The number of esters is 1. The van der Waals surface area contributed by atoms with Gasteiger partial charge in [-0.05, 0) is 19.1 Å². The van der Waals surface area contributed by atoms with Gasteiger partial charge in [-0.1, -0.05) is 0 Å². The molecule has 0 bridgehead atoms. The number of benzene rings is 1. The fraction of sp³-hybridized carbons (Fsp3) is 0.526. The second-order valence-electron chi connectivity index (χ2n) is 6.35. The third-order valence-electron chi connectivity index (χ3n) is 4.55. The van der Waals surface area contributed by atoms with Gasteiger partial charge in [-0.2, -0.15) is 0 Å². The molecule has 2 aliphatic rings. The number of hydrogen-bond donors (Lipinski definition) is 0. The summed E-state index contributed by atoms with van der Waals surface area (Å²) < 4.78 is 26.3. The molecule has 2 amide bonds. The van der Waals surface area contributed by atoms with E-state index in [1.54, 1.807) is 16.7 Å². The maximum absolute atomic E-state index is 12.4. The van der Waals surface area contributed by atoms with Crippen molar-refractivity contribution >= 4 is 18.0 Å². The third-order valence-corrected chi connectivity index (χ3v) is 4.55. The first-order valence-corrected chi connectivity index (χ1v) is 9.37. The quantitative estimate of drug-likeness (QED) is 0.663. The fourth-order valence-corrected chi connectivity index (χ4v) is 3.05. The minimum atomic E-state index is -0.668. The Morgan fingerprint density at radius 3 is 2.38 bits per heavy atom. The highest BCUT2D eigenvalue weighted by Crippen LogP contribution is 2.40. The number of hydrogen-bond acceptors (Lipinski definition) is 8. The molecule has 1 saturated heterocycles. The minimum Gasteiger partial charge on any atom is -0.493 e. The molecule has 1 fully saturated rings. The Bertz CT molecular complexity index is 756. The zero-order valence-corrected chi connectivity index (χ0v) is 16.5. The number of carbonyl (C=O) groups excluding carboxylic acids is 3. The lowest BCUT2D eigenvalue weighted by atomic mass is 10.1. The lowest BCUT2D eigenvalue weighted by Crippen LogP contribution is -2.51. The summed E-state index contributed by atoms with van der Waals surface area (Å²) in [6, 6.07) is 2.99. The first-order chi connectivity index (χ1) is 14.0. The molecule has 0 aromatic heterocycles. The van der Waals surface area contributed by atoms with Gasteiger partial charge >= 0.3 is 12.1 Å². The largest absolute Gasteiger partial charge is 0.493 e. The van der Waals surface area contributed by atoms with Gasteiger partial charge in [-0.25, -0.2) is 9.59 Å². The Morgan fingerprint density at radius 1 is 1.00 bits per heavy atom. The van der Waals surface area contributed by atoms with Crippen LogP contribution in [0.25, 0.3) is 0 Å². The molecular formula is C19H24N2O8. The monoisotopic (exact) mass is 408 g/mol. The summed E-state index contributed by atoms with van der Waals surface area (Å²) in [7, 11) is 1.46. The maximum atomic E-state index is 12.4. The predicted molar refractivity (Wildman–Crippen MR) is 99.4 cm³/mol. The molecule has 2 aliphatic heterocycles. The number of nitrogens with zero attached hydrogens (tertiary/aromatic N) is 2. The highest BCUT2D eigenvalue weighted by atomic mass is 16.6. The van der Waals surface area contributed by atoms with Gasteiger partial charge in [0, 0.05) is 26.2 Å². The summed E-state index contributed by atoms with van der Waals surface area (Å²) in [6.45, 7) is 3.86. The van der Waals surface area contributed by atoms with Crippen LogP contribution in [0.5, 0.6) is 17.2 Å². The van der Waals surface area contributed by atoms with Crippen molar-refractivity contribution in [1.29, 1.82) is 0 Å². The van der Waals surface area contributed by atoms with Crippen LogP contribution >= 0.6 is 0 Å². The van der Waals surface area contributed by atoms with Crippen LogP contribution in [0.4, 0.5) is 4.79 Å². The average Bonchev–Trinajstić information content (AvgIpc) is 2.76. The van der Waals surface area contributed by atoms with Crippen molar-refractivity contribution in [3.8, 4) is 17.2 Å². The highest BCUT2D eigenvalue weighted by Gasteiger charge is 2.26. The number of piperazine rings is 1. The van der Waals surface area contributed by atoms with Crippen LogP contribution in [0.3, 0.4) is 0 Å². The van der Waals surface area contributed by atoms with Crippen LogP contribution in [0, 0.1) is 0 Å². The van der Waals surface area contributed by atoms with Crippen molar-refractivity contribution < 1.29 is 38.1 Å². The summed E-state index contributed by atoms with van der Waals surface area (Å²) >= 11 is 0. The molecular weight excluding hydrogens is 384 g/mol. The minimum absolute atomic E-state index is 0.200. The van der Waals surface area contributed by atoms with Gasteiger partial charge in [-0.15, -0.1) is 0 Å². The summed E-state index contributed by atoms with van der Waals surface area (Å²) in [6.07, 6.45) is -0.390. The average molecular weight is 408 g/mol. The Balaban J connectivity index is 1.53. The molecule has 29 heavy (non-hydrogen) atoms. The Hall–Kier alpha value is -3.17. The van der Waals surface area contributed by atoms with E-state index in [9.17, 15) is 14.4 Å². The number of carbonyl (C=O) groups is 3. The van der Waals surface area contributed by atoms with E-state index in [0.717, 1.165) is 0 Å². The Labute approximate surface area is 168 Å². The standard InChI is InChI=1S/C19H24N2O8/c1-3-26-19(24)21-6-4-20(5-7-21)16(22)12-29-18(23)13-10-14(25-2)17-15(11-13)27-8-9-28-17/h10-11H,3-9,12H2,1-2H3. The lowest BCUT2D eigenvalue weighted by Gasteiger charge is -2.33. The molecule has 0 unspecified atom stereocenters. The Morgan fingerprint density at radius 2 is 1.69 bits per heavy atom. The van der Waals surface area contributed by atoms with Gasteiger partial charge in [0.1, 0.15) is 13.2 Å². The van der Waals surface area contributed by atoms with Crippen LogP contribution in [0.15, 0.2) is 12.1 Å². The normalized spacial score (nSPS) is 15.5. The van der Waals surface area contributed by atoms with Crippen LogP contribution in [-0.2, 0) is 14.3 Å². The van der Waals surface area contributed by atoms with Gasteiger partial charge in [0.05, 0.1) is 19.3 Å². The molecule has 0 saturated carbocycles. The second-order valence-corrected chi connectivity index (χ2v) is 6.35. The molecule has 10 heteroatoms. The number of amides is 2. The molecule has 0 aliphatic carbocycles. The highest BCUT2D eigenvalue weighted by molar-refractivity contribution is 5.93. The zero-order chi connectivity index (χ0) is 20.8. The SMILES string of the molecule is CCOC(=O)N1CCN(C(=O)COC(=O)c2cc(OC)c3c(c2)OCCO3)CC1. The third kappa shape index (κ3) is 4.82. The number of rotatable bonds is 5. The first kappa shape index (κ1) is 20.6. The van der Waals surface area contributed by atoms with E-state index in [4.69, 9.17) is 23.7 Å². The van der Waals surface area contributed by atoms with Crippen molar-refractivity contribution in [2.45, 2.75) is 6.92 Å². The molecule has 0 spiro atoms. The van der Waals surface area contributed by atoms with Crippen molar-refractivity contribution in [2.24, 2.45) is 0 Å². The molecule has 3 rings (SSSR count). The van der Waals surface area contributed by atoms with E-state index < -0.39 is 18.7 Å². The zero-order valence-electron chi connectivity index (χ0n) is 16.5. The summed E-state index contributed by atoms with van der Waals surface area (Å²) in [4.78, 5) is 39.5. The van der Waals surface area contributed by atoms with Crippen LogP contribution in [0.2, 0.25) is 0 Å². The van der Waals surface area contributed by atoms with E-state index in [1.807, 2.05) is 0 Å².